The molecule has 3 amide bonds. The maximum absolute atomic E-state index is 12.3. The van der Waals surface area contributed by atoms with E-state index in [4.69, 9.17) is 4.74 Å². The second kappa shape index (κ2) is 8.78. The Morgan fingerprint density at radius 3 is 2.39 bits per heavy atom. The Balaban J connectivity index is 1.24. The van der Waals surface area contributed by atoms with E-state index in [0.29, 0.717) is 29.2 Å². The molecule has 2 aromatic carbocycles. The fourth-order valence-corrected chi connectivity index (χ4v) is 3.35. The summed E-state index contributed by atoms with van der Waals surface area (Å²) in [7, 11) is 1.60. The third-order valence-electron chi connectivity index (χ3n) is 5.00. The van der Waals surface area contributed by atoms with Crippen LogP contribution in [0.15, 0.2) is 48.5 Å². The maximum Gasteiger partial charge on any atom is 0.261 e. The van der Waals surface area contributed by atoms with Crippen LogP contribution in [-0.4, -0.2) is 51.5 Å². The molecule has 0 fully saturated rings. The van der Waals surface area contributed by atoms with E-state index < -0.39 is 0 Å². The first-order valence-electron chi connectivity index (χ1n) is 9.84. The molecule has 9 nitrogen and oxygen atoms in total. The lowest BCUT2D eigenvalue weighted by molar-refractivity contribution is -0.121. The number of aromatic nitrogens is 3. The average Bonchev–Trinajstić information content (AvgIpc) is 3.37. The van der Waals surface area contributed by atoms with Gasteiger partial charge in [-0.1, -0.05) is 12.1 Å². The van der Waals surface area contributed by atoms with Crippen LogP contribution in [0.1, 0.15) is 39.4 Å². The van der Waals surface area contributed by atoms with Crippen LogP contribution in [0.3, 0.4) is 0 Å². The molecule has 0 saturated heterocycles. The summed E-state index contributed by atoms with van der Waals surface area (Å²) in [5.74, 6) is 0.978. The number of hydrogen-bond donors (Lipinski definition) is 2. The molecule has 0 saturated carbocycles. The van der Waals surface area contributed by atoms with Crippen LogP contribution in [0.4, 0.5) is 0 Å². The zero-order valence-corrected chi connectivity index (χ0v) is 16.9. The summed E-state index contributed by atoms with van der Waals surface area (Å²) >= 11 is 0. The van der Waals surface area contributed by atoms with Crippen molar-refractivity contribution in [2.75, 3.05) is 13.7 Å². The number of hydrogen-bond acceptors (Lipinski definition) is 6. The number of fused-ring (bicyclic) bond motifs is 1. The van der Waals surface area contributed by atoms with Crippen molar-refractivity contribution >= 4 is 17.7 Å². The fourth-order valence-electron chi connectivity index (χ4n) is 3.35. The van der Waals surface area contributed by atoms with Gasteiger partial charge in [0.05, 0.1) is 24.8 Å². The van der Waals surface area contributed by atoms with Gasteiger partial charge in [0.1, 0.15) is 11.6 Å². The molecule has 4 rings (SSSR count). The Labute approximate surface area is 178 Å². The summed E-state index contributed by atoms with van der Waals surface area (Å²) in [5.41, 5.74) is 1.65. The standard InChI is InChI=1S/C22H21N5O4/c1-31-15-10-8-14(9-11-15)20-24-18(25-26-20)13-23-19(28)7-4-12-27-21(29)16-5-2-3-6-17(16)22(27)30/h2-3,5-6,8-11H,4,7,12-13H2,1H3,(H,23,28)(H,24,25,26). The molecular weight excluding hydrogens is 398 g/mol. The molecule has 3 aromatic rings. The number of carbonyl (C=O) groups is 3. The first kappa shape index (κ1) is 20.3. The lowest BCUT2D eigenvalue weighted by Crippen LogP contribution is -2.32. The van der Waals surface area contributed by atoms with Crippen molar-refractivity contribution in [3.05, 3.63) is 65.5 Å². The molecule has 0 radical (unpaired) electrons. The van der Waals surface area contributed by atoms with Gasteiger partial charge in [-0.25, -0.2) is 4.98 Å². The van der Waals surface area contributed by atoms with Crippen LogP contribution < -0.4 is 10.1 Å². The van der Waals surface area contributed by atoms with Crippen molar-refractivity contribution < 1.29 is 19.1 Å². The normalized spacial score (nSPS) is 12.7. The van der Waals surface area contributed by atoms with Gasteiger partial charge >= 0.3 is 0 Å². The smallest absolute Gasteiger partial charge is 0.261 e. The predicted molar refractivity (Wildman–Crippen MR) is 111 cm³/mol. The summed E-state index contributed by atoms with van der Waals surface area (Å²) in [4.78, 5) is 42.4. The number of benzene rings is 2. The number of carbonyl (C=O) groups excluding carboxylic acids is 3. The molecule has 2 heterocycles. The topological polar surface area (TPSA) is 117 Å². The van der Waals surface area contributed by atoms with Gasteiger partial charge in [0.2, 0.25) is 5.91 Å². The summed E-state index contributed by atoms with van der Waals surface area (Å²) in [5, 5.41) is 9.73. The molecule has 0 spiro atoms. The third-order valence-corrected chi connectivity index (χ3v) is 5.00. The van der Waals surface area contributed by atoms with Crippen molar-refractivity contribution in [3.8, 4) is 17.1 Å². The Morgan fingerprint density at radius 2 is 1.74 bits per heavy atom. The van der Waals surface area contributed by atoms with Crippen LogP contribution in [0.5, 0.6) is 5.75 Å². The van der Waals surface area contributed by atoms with Crippen LogP contribution in [-0.2, 0) is 11.3 Å². The van der Waals surface area contributed by atoms with Gasteiger partial charge in [-0.2, -0.15) is 5.10 Å². The number of aromatic amines is 1. The number of rotatable bonds is 8. The summed E-state index contributed by atoms with van der Waals surface area (Å²) < 4.78 is 5.13. The molecule has 31 heavy (non-hydrogen) atoms. The van der Waals surface area contributed by atoms with E-state index in [2.05, 4.69) is 20.5 Å². The number of H-pyrrole nitrogens is 1. The summed E-state index contributed by atoms with van der Waals surface area (Å²) in [6.45, 7) is 0.401. The van der Waals surface area contributed by atoms with Gasteiger partial charge < -0.3 is 10.1 Å². The van der Waals surface area contributed by atoms with Gasteiger partial charge in [0.15, 0.2) is 5.82 Å². The van der Waals surface area contributed by atoms with Crippen molar-refractivity contribution in [2.24, 2.45) is 0 Å². The molecule has 1 aliphatic rings. The second-order valence-corrected chi connectivity index (χ2v) is 7.02. The molecule has 2 N–H and O–H groups in total. The largest absolute Gasteiger partial charge is 0.497 e. The second-order valence-electron chi connectivity index (χ2n) is 7.02. The highest BCUT2D eigenvalue weighted by atomic mass is 16.5. The first-order chi connectivity index (χ1) is 15.1. The van der Waals surface area contributed by atoms with Crippen molar-refractivity contribution in [1.82, 2.24) is 25.4 Å². The highest BCUT2D eigenvalue weighted by Crippen LogP contribution is 2.22. The summed E-state index contributed by atoms with van der Waals surface area (Å²) in [6.07, 6.45) is 0.567. The number of nitrogens with one attached hydrogen (secondary N) is 2. The minimum atomic E-state index is -0.311. The molecule has 158 valence electrons. The van der Waals surface area contributed by atoms with E-state index in [0.717, 1.165) is 11.3 Å². The number of methoxy groups -OCH3 is 1. The van der Waals surface area contributed by atoms with E-state index in [1.165, 1.54) is 4.90 Å². The Kier molecular flexibility index (Phi) is 5.74. The number of amides is 3. The molecule has 9 heteroatoms. The Morgan fingerprint density at radius 1 is 1.06 bits per heavy atom. The minimum Gasteiger partial charge on any atom is -0.497 e. The third kappa shape index (κ3) is 4.30. The van der Waals surface area contributed by atoms with Crippen molar-refractivity contribution in [1.29, 1.82) is 0 Å². The molecule has 0 bridgehead atoms. The molecule has 0 unspecified atom stereocenters. The number of ether oxygens (including phenoxy) is 1. The highest BCUT2D eigenvalue weighted by molar-refractivity contribution is 6.21. The molecule has 0 atom stereocenters. The van der Waals surface area contributed by atoms with Crippen molar-refractivity contribution in [2.45, 2.75) is 19.4 Å². The molecule has 0 aliphatic carbocycles. The Bertz CT molecular complexity index is 1090. The average molecular weight is 419 g/mol. The van der Waals surface area contributed by atoms with Crippen LogP contribution >= 0.6 is 0 Å². The lowest BCUT2D eigenvalue weighted by atomic mass is 10.1. The predicted octanol–water partition coefficient (Wildman–Crippen LogP) is 2.17. The lowest BCUT2D eigenvalue weighted by Gasteiger charge is -2.13. The number of imide groups is 1. The molecular formula is C22H21N5O4. The van der Waals surface area contributed by atoms with E-state index in [-0.39, 0.29) is 37.2 Å². The van der Waals surface area contributed by atoms with Crippen LogP contribution in [0, 0.1) is 0 Å². The summed E-state index contributed by atoms with van der Waals surface area (Å²) in [6, 6.07) is 14.1. The van der Waals surface area contributed by atoms with E-state index in [1.54, 1.807) is 31.4 Å². The molecule has 1 aromatic heterocycles. The van der Waals surface area contributed by atoms with Crippen LogP contribution in [0.25, 0.3) is 11.4 Å². The van der Waals surface area contributed by atoms with Gasteiger partial charge in [-0.15, -0.1) is 0 Å². The maximum atomic E-state index is 12.3. The van der Waals surface area contributed by atoms with Crippen molar-refractivity contribution in [3.63, 3.8) is 0 Å². The fraction of sp³-hybridized carbons (Fsp3) is 0.227. The first-order valence-corrected chi connectivity index (χ1v) is 9.84. The highest BCUT2D eigenvalue weighted by Gasteiger charge is 2.34. The monoisotopic (exact) mass is 419 g/mol. The van der Waals surface area contributed by atoms with Gasteiger partial charge in [0, 0.05) is 18.5 Å². The van der Waals surface area contributed by atoms with Gasteiger partial charge in [0.25, 0.3) is 11.8 Å². The van der Waals surface area contributed by atoms with E-state index in [9.17, 15) is 14.4 Å². The van der Waals surface area contributed by atoms with Gasteiger partial charge in [-0.3, -0.25) is 24.4 Å². The van der Waals surface area contributed by atoms with E-state index >= 15 is 0 Å². The zero-order chi connectivity index (χ0) is 21.8. The Hall–Kier alpha value is -4.01. The van der Waals surface area contributed by atoms with Gasteiger partial charge in [-0.05, 0) is 42.8 Å². The SMILES string of the molecule is COc1ccc(-c2n[nH]c(CNC(=O)CCCN3C(=O)c4ccccc4C3=O)n2)cc1. The van der Waals surface area contributed by atoms with Crippen LogP contribution in [0.2, 0.25) is 0 Å². The quantitative estimate of drug-likeness (QED) is 0.541. The minimum absolute atomic E-state index is 0.187. The number of nitrogens with zero attached hydrogens (tertiary/aromatic N) is 3. The molecule has 1 aliphatic heterocycles. The zero-order valence-electron chi connectivity index (χ0n) is 16.9. The van der Waals surface area contributed by atoms with E-state index in [1.807, 2.05) is 24.3 Å².